The molecule has 1 aromatic heterocycles. The molecule has 2 aromatic rings. The van der Waals surface area contributed by atoms with Gasteiger partial charge in [-0.15, -0.1) is 0 Å². The summed E-state index contributed by atoms with van der Waals surface area (Å²) in [6.45, 7) is 0. The Morgan fingerprint density at radius 1 is 1.37 bits per heavy atom. The maximum Gasteiger partial charge on any atom is 0.371 e. The fourth-order valence-electron chi connectivity index (χ4n) is 1.32. The molecule has 0 bridgehead atoms. The molecule has 2 rings (SSSR count). The Balaban J connectivity index is 2.32. The van der Waals surface area contributed by atoms with Gasteiger partial charge in [-0.1, -0.05) is 0 Å². The van der Waals surface area contributed by atoms with Crippen LogP contribution in [-0.2, 0) is 0 Å². The topological polar surface area (TPSA) is 93.6 Å². The van der Waals surface area contributed by atoms with Gasteiger partial charge in [-0.2, -0.15) is 0 Å². The molecule has 19 heavy (non-hydrogen) atoms. The first-order valence-corrected chi connectivity index (χ1v) is 6.82. The van der Waals surface area contributed by atoms with Crippen molar-refractivity contribution in [1.29, 1.82) is 0 Å². The normalized spacial score (nSPS) is 10.4. The van der Waals surface area contributed by atoms with E-state index in [2.05, 4.69) is 0 Å². The number of carbonyl (C=O) groups is 1. The minimum Gasteiger partial charge on any atom is -0.475 e. The number of halogens is 1. The molecule has 0 radical (unpaired) electrons. The molecular weight excluding hydrogens is 385 g/mol. The van der Waals surface area contributed by atoms with Crippen LogP contribution >= 0.6 is 34.4 Å². The van der Waals surface area contributed by atoms with E-state index in [1.54, 1.807) is 12.1 Å². The Hall–Kier alpha value is -1.55. The van der Waals surface area contributed by atoms with Crippen LogP contribution in [0.2, 0.25) is 0 Å². The van der Waals surface area contributed by atoms with Gasteiger partial charge >= 0.3 is 5.97 Å². The number of carboxylic acids is 1. The number of nitro groups is 1. The molecule has 0 atom stereocenters. The summed E-state index contributed by atoms with van der Waals surface area (Å²) in [5, 5.41) is 20.0. The lowest BCUT2D eigenvalue weighted by molar-refractivity contribution is -0.387. The summed E-state index contributed by atoms with van der Waals surface area (Å²) >= 11 is 3.00. The first-order chi connectivity index (χ1) is 8.97. The van der Waals surface area contributed by atoms with E-state index in [0.29, 0.717) is 9.99 Å². The van der Waals surface area contributed by atoms with Crippen molar-refractivity contribution in [3.63, 3.8) is 0 Å². The van der Waals surface area contributed by atoms with Gasteiger partial charge in [0.15, 0.2) is 5.09 Å². The smallest absolute Gasteiger partial charge is 0.371 e. The van der Waals surface area contributed by atoms with E-state index in [0.717, 1.165) is 15.3 Å². The first kappa shape index (κ1) is 13.9. The third kappa shape index (κ3) is 3.26. The lowest BCUT2D eigenvalue weighted by Crippen LogP contribution is -1.92. The van der Waals surface area contributed by atoms with Crippen LogP contribution in [-0.4, -0.2) is 16.0 Å². The van der Waals surface area contributed by atoms with Gasteiger partial charge in [-0.05, 0) is 58.6 Å². The van der Waals surface area contributed by atoms with Gasteiger partial charge in [0.1, 0.15) is 0 Å². The van der Waals surface area contributed by atoms with Gasteiger partial charge in [-0.25, -0.2) is 4.79 Å². The number of hydrogen-bond donors (Lipinski definition) is 1. The molecule has 0 unspecified atom stereocenters. The SMILES string of the molecule is O=C(O)c1ccc(Sc2ccc(I)cc2[N+](=O)[O-])o1. The van der Waals surface area contributed by atoms with Gasteiger partial charge in [-0.3, -0.25) is 10.1 Å². The van der Waals surface area contributed by atoms with Crippen LogP contribution < -0.4 is 0 Å². The Labute approximate surface area is 125 Å². The standard InChI is InChI=1S/C11H6INO5S/c12-6-1-3-9(7(5-6)13(16)17)19-10-4-2-8(18-10)11(14)15/h1-5H,(H,14,15). The number of nitro benzene ring substituents is 1. The highest BCUT2D eigenvalue weighted by molar-refractivity contribution is 14.1. The molecule has 6 nitrogen and oxygen atoms in total. The molecule has 1 aromatic carbocycles. The van der Waals surface area contributed by atoms with Crippen LogP contribution in [0.4, 0.5) is 5.69 Å². The Bertz CT molecular complexity index is 654. The second-order valence-corrected chi connectivity index (χ2v) is 5.69. The molecule has 1 heterocycles. The number of nitrogens with zero attached hydrogens (tertiary/aromatic N) is 1. The molecule has 0 aliphatic rings. The Kier molecular flexibility index (Phi) is 4.10. The average Bonchev–Trinajstić information content (AvgIpc) is 2.80. The fraction of sp³-hybridized carbons (Fsp3) is 0. The third-order valence-corrected chi connectivity index (χ3v) is 3.78. The van der Waals surface area contributed by atoms with Crippen molar-refractivity contribution in [3.05, 3.63) is 49.8 Å². The van der Waals surface area contributed by atoms with Crippen LogP contribution in [0.5, 0.6) is 0 Å². The van der Waals surface area contributed by atoms with E-state index in [4.69, 9.17) is 9.52 Å². The summed E-state index contributed by atoms with van der Waals surface area (Å²) in [6, 6.07) is 7.56. The highest BCUT2D eigenvalue weighted by atomic mass is 127. The Morgan fingerprint density at radius 3 is 2.68 bits per heavy atom. The minimum absolute atomic E-state index is 0.0369. The van der Waals surface area contributed by atoms with E-state index in [-0.39, 0.29) is 11.4 Å². The highest BCUT2D eigenvalue weighted by Gasteiger charge is 2.17. The summed E-state index contributed by atoms with van der Waals surface area (Å²) in [5.41, 5.74) is -0.0369. The number of aromatic carboxylic acids is 1. The van der Waals surface area contributed by atoms with Crippen LogP contribution in [0, 0.1) is 13.7 Å². The summed E-state index contributed by atoms with van der Waals surface area (Å²) in [7, 11) is 0. The van der Waals surface area contributed by atoms with Gasteiger partial charge in [0.05, 0.1) is 9.82 Å². The molecule has 1 N–H and O–H groups in total. The minimum atomic E-state index is -1.18. The quantitative estimate of drug-likeness (QED) is 0.486. The molecule has 98 valence electrons. The van der Waals surface area contributed by atoms with Gasteiger partial charge in [0.25, 0.3) is 5.69 Å². The van der Waals surface area contributed by atoms with Gasteiger partial charge in [0, 0.05) is 9.64 Å². The maximum atomic E-state index is 10.9. The zero-order chi connectivity index (χ0) is 14.0. The molecule has 8 heteroatoms. The van der Waals surface area contributed by atoms with E-state index in [9.17, 15) is 14.9 Å². The van der Waals surface area contributed by atoms with Gasteiger partial charge in [0.2, 0.25) is 5.76 Å². The molecule has 0 saturated carbocycles. The van der Waals surface area contributed by atoms with Crippen molar-refractivity contribution in [2.45, 2.75) is 9.99 Å². The largest absolute Gasteiger partial charge is 0.475 e. The average molecular weight is 391 g/mol. The third-order valence-electron chi connectivity index (χ3n) is 2.12. The lowest BCUT2D eigenvalue weighted by atomic mass is 10.3. The fourth-order valence-corrected chi connectivity index (χ4v) is 2.65. The second-order valence-electron chi connectivity index (χ2n) is 3.40. The van der Waals surface area contributed by atoms with Crippen molar-refractivity contribution < 1.29 is 19.2 Å². The van der Waals surface area contributed by atoms with E-state index >= 15 is 0 Å². The summed E-state index contributed by atoms with van der Waals surface area (Å²) < 4.78 is 5.80. The molecule has 0 aliphatic heterocycles. The van der Waals surface area contributed by atoms with Crippen LogP contribution in [0.25, 0.3) is 0 Å². The summed E-state index contributed by atoms with van der Waals surface area (Å²) in [5.74, 6) is -1.38. The highest BCUT2D eigenvalue weighted by Crippen LogP contribution is 2.36. The Morgan fingerprint density at radius 2 is 2.11 bits per heavy atom. The first-order valence-electron chi connectivity index (χ1n) is 4.92. The maximum absolute atomic E-state index is 10.9. The zero-order valence-corrected chi connectivity index (χ0v) is 12.2. The van der Waals surface area contributed by atoms with Crippen LogP contribution in [0.1, 0.15) is 10.6 Å². The predicted molar refractivity (Wildman–Crippen MR) is 75.6 cm³/mol. The molecule has 0 saturated heterocycles. The van der Waals surface area contributed by atoms with Crippen LogP contribution in [0.15, 0.2) is 44.7 Å². The summed E-state index contributed by atoms with van der Waals surface area (Å²) in [6.07, 6.45) is 0. The van der Waals surface area contributed by atoms with E-state index in [1.165, 1.54) is 18.2 Å². The van der Waals surface area contributed by atoms with Crippen molar-refractivity contribution >= 4 is 46.0 Å². The molecule has 0 amide bonds. The number of benzene rings is 1. The lowest BCUT2D eigenvalue weighted by Gasteiger charge is -2.01. The second kappa shape index (κ2) is 5.61. The number of rotatable bonds is 4. The van der Waals surface area contributed by atoms with E-state index in [1.807, 2.05) is 22.6 Å². The van der Waals surface area contributed by atoms with E-state index < -0.39 is 10.9 Å². The van der Waals surface area contributed by atoms with Crippen molar-refractivity contribution in [3.8, 4) is 0 Å². The van der Waals surface area contributed by atoms with Crippen molar-refractivity contribution in [2.24, 2.45) is 0 Å². The number of carboxylic acid groups (broad SMARTS) is 1. The monoisotopic (exact) mass is 391 g/mol. The molecular formula is C11H6INO5S. The van der Waals surface area contributed by atoms with Crippen LogP contribution in [0.3, 0.4) is 0 Å². The number of hydrogen-bond acceptors (Lipinski definition) is 5. The molecule has 0 spiro atoms. The molecule has 0 aliphatic carbocycles. The predicted octanol–water partition coefficient (Wildman–Crippen LogP) is 3.64. The zero-order valence-electron chi connectivity index (χ0n) is 9.20. The van der Waals surface area contributed by atoms with Gasteiger partial charge < -0.3 is 9.52 Å². The van der Waals surface area contributed by atoms with Crippen molar-refractivity contribution in [1.82, 2.24) is 0 Å². The molecule has 0 fully saturated rings. The van der Waals surface area contributed by atoms with Crippen molar-refractivity contribution in [2.75, 3.05) is 0 Å². The number of furan rings is 1. The summed E-state index contributed by atoms with van der Waals surface area (Å²) in [4.78, 5) is 21.5.